The van der Waals surface area contributed by atoms with E-state index in [2.05, 4.69) is 45.7 Å². The van der Waals surface area contributed by atoms with Crippen molar-refractivity contribution in [1.82, 2.24) is 25.2 Å². The van der Waals surface area contributed by atoms with Gasteiger partial charge in [-0.15, -0.1) is 16.4 Å². The van der Waals surface area contributed by atoms with Gasteiger partial charge in [0.05, 0.1) is 31.9 Å². The second kappa shape index (κ2) is 9.40. The monoisotopic (exact) mass is 439 g/mol. The molecule has 3 heterocycles. The van der Waals surface area contributed by atoms with Crippen LogP contribution in [0.4, 0.5) is 0 Å². The summed E-state index contributed by atoms with van der Waals surface area (Å²) >= 11 is 1.62. The van der Waals surface area contributed by atoms with Crippen molar-refractivity contribution in [2.24, 2.45) is 0 Å². The van der Waals surface area contributed by atoms with E-state index in [1.54, 1.807) is 22.2 Å². The molecule has 31 heavy (non-hydrogen) atoms. The van der Waals surface area contributed by atoms with Crippen molar-refractivity contribution in [2.75, 3.05) is 13.7 Å². The second-order valence-corrected chi connectivity index (χ2v) is 8.73. The van der Waals surface area contributed by atoms with Crippen LogP contribution in [0.3, 0.4) is 0 Å². The Bertz CT molecular complexity index is 1050. The Balaban J connectivity index is 1.51. The molecule has 0 radical (unpaired) electrons. The molecule has 1 aliphatic rings. The van der Waals surface area contributed by atoms with Gasteiger partial charge in [-0.2, -0.15) is 0 Å². The van der Waals surface area contributed by atoms with E-state index in [4.69, 9.17) is 4.74 Å². The quantitative estimate of drug-likeness (QED) is 0.569. The van der Waals surface area contributed by atoms with Crippen molar-refractivity contribution in [3.8, 4) is 0 Å². The van der Waals surface area contributed by atoms with E-state index in [1.807, 2.05) is 23.6 Å². The van der Waals surface area contributed by atoms with Crippen molar-refractivity contribution >= 4 is 23.2 Å². The van der Waals surface area contributed by atoms with Gasteiger partial charge in [-0.25, -0.2) is 9.48 Å². The average Bonchev–Trinajstić information content (AvgIpc) is 3.52. The molecule has 162 valence electrons. The zero-order chi connectivity index (χ0) is 21.8. The Morgan fingerprint density at radius 3 is 2.90 bits per heavy atom. The highest BCUT2D eigenvalue weighted by Gasteiger charge is 2.38. The summed E-state index contributed by atoms with van der Waals surface area (Å²) in [5.74, 6) is -0.525. The lowest BCUT2D eigenvalue weighted by atomic mass is 10.1. The molecule has 1 fully saturated rings. The van der Waals surface area contributed by atoms with Crippen LogP contribution in [-0.4, -0.2) is 51.5 Å². The lowest BCUT2D eigenvalue weighted by molar-refractivity contribution is -0.125. The van der Waals surface area contributed by atoms with Crippen LogP contribution in [0, 0.1) is 6.92 Å². The molecule has 1 saturated heterocycles. The Hall–Kier alpha value is -3.04. The molecule has 0 bridgehead atoms. The highest BCUT2D eigenvalue weighted by atomic mass is 32.1. The summed E-state index contributed by atoms with van der Waals surface area (Å²) in [5, 5.41) is 13.1. The van der Waals surface area contributed by atoms with Gasteiger partial charge in [0.2, 0.25) is 5.91 Å². The number of nitrogens with zero attached hydrogens (tertiary/aromatic N) is 4. The predicted octanol–water partition coefficient (Wildman–Crippen LogP) is 2.57. The second-order valence-electron chi connectivity index (χ2n) is 7.70. The zero-order valence-electron chi connectivity index (χ0n) is 17.5. The molecule has 1 aromatic carbocycles. The first-order valence-corrected chi connectivity index (χ1v) is 11.0. The fourth-order valence-electron chi connectivity index (χ4n) is 3.92. The van der Waals surface area contributed by atoms with Gasteiger partial charge >= 0.3 is 5.97 Å². The Morgan fingerprint density at radius 1 is 1.29 bits per heavy atom. The van der Waals surface area contributed by atoms with Gasteiger partial charge in [0.1, 0.15) is 0 Å². The fourth-order valence-corrected chi connectivity index (χ4v) is 4.57. The van der Waals surface area contributed by atoms with E-state index < -0.39 is 5.97 Å². The first-order valence-electron chi connectivity index (χ1n) is 10.1. The van der Waals surface area contributed by atoms with Crippen molar-refractivity contribution in [3.05, 3.63) is 69.7 Å². The minimum atomic E-state index is -0.522. The van der Waals surface area contributed by atoms with Crippen LogP contribution in [0.15, 0.2) is 48.0 Å². The van der Waals surface area contributed by atoms with E-state index in [0.717, 1.165) is 10.4 Å². The SMILES string of the molecule is COC(=O)c1cn([C@@H]2C[C@@H](C(=O)NCc3cccs3)N(Cc3cccc(C)c3)C2)nn1. The van der Waals surface area contributed by atoms with E-state index >= 15 is 0 Å². The third-order valence-electron chi connectivity index (χ3n) is 5.45. The summed E-state index contributed by atoms with van der Waals surface area (Å²) in [4.78, 5) is 28.1. The van der Waals surface area contributed by atoms with E-state index in [1.165, 1.54) is 12.7 Å². The number of rotatable bonds is 7. The number of ether oxygens (including phenoxy) is 1. The number of esters is 1. The number of carbonyl (C=O) groups is 2. The Labute approximate surface area is 184 Å². The number of nitrogens with one attached hydrogen (secondary N) is 1. The summed E-state index contributed by atoms with van der Waals surface area (Å²) in [6, 6.07) is 11.9. The molecule has 3 aromatic rings. The largest absolute Gasteiger partial charge is 0.464 e. The number of methoxy groups -OCH3 is 1. The number of aromatic nitrogens is 3. The van der Waals surface area contributed by atoms with Crippen LogP contribution in [0.1, 0.15) is 39.0 Å². The van der Waals surface area contributed by atoms with Crippen LogP contribution in [0.25, 0.3) is 0 Å². The molecule has 1 N–H and O–H groups in total. The first-order chi connectivity index (χ1) is 15.0. The molecule has 0 aliphatic carbocycles. The van der Waals surface area contributed by atoms with Gasteiger partial charge in [-0.05, 0) is 30.4 Å². The van der Waals surface area contributed by atoms with Crippen LogP contribution < -0.4 is 5.32 Å². The maximum atomic E-state index is 13.1. The van der Waals surface area contributed by atoms with E-state index in [0.29, 0.717) is 26.1 Å². The summed E-state index contributed by atoms with van der Waals surface area (Å²) in [5.41, 5.74) is 2.51. The fraction of sp³-hybridized carbons (Fsp3) is 0.364. The number of thiophene rings is 1. The van der Waals surface area contributed by atoms with Gasteiger partial charge in [0.15, 0.2) is 5.69 Å². The molecule has 0 saturated carbocycles. The minimum absolute atomic E-state index is 0.00291. The van der Waals surface area contributed by atoms with Crippen molar-refractivity contribution in [1.29, 1.82) is 0 Å². The summed E-state index contributed by atoms with van der Waals surface area (Å²) < 4.78 is 6.39. The maximum Gasteiger partial charge on any atom is 0.360 e. The third kappa shape index (κ3) is 5.00. The zero-order valence-corrected chi connectivity index (χ0v) is 18.3. The number of aryl methyl sites for hydroxylation is 1. The van der Waals surface area contributed by atoms with Crippen molar-refractivity contribution in [2.45, 2.75) is 38.5 Å². The van der Waals surface area contributed by atoms with Gasteiger partial charge in [0.25, 0.3) is 0 Å². The van der Waals surface area contributed by atoms with E-state index in [-0.39, 0.29) is 23.7 Å². The summed E-state index contributed by atoms with van der Waals surface area (Å²) in [6.07, 6.45) is 2.18. The molecular formula is C22H25N5O3S. The number of benzene rings is 1. The minimum Gasteiger partial charge on any atom is -0.464 e. The third-order valence-corrected chi connectivity index (χ3v) is 6.32. The number of amides is 1. The lowest BCUT2D eigenvalue weighted by Gasteiger charge is -2.23. The molecular weight excluding hydrogens is 414 g/mol. The molecule has 8 nitrogen and oxygen atoms in total. The standard InChI is InChI=1S/C22H25N5O3S/c1-15-5-3-6-16(9-15)12-26-13-17(27-14-19(24-25-27)22(29)30-2)10-20(26)21(28)23-11-18-7-4-8-31-18/h3-9,14,17,20H,10-13H2,1-2H3,(H,23,28)/t17-,20+/m1/s1. The molecule has 0 spiro atoms. The molecule has 0 unspecified atom stereocenters. The molecule has 9 heteroatoms. The number of likely N-dealkylation sites (tertiary alicyclic amines) is 1. The lowest BCUT2D eigenvalue weighted by Crippen LogP contribution is -2.42. The van der Waals surface area contributed by atoms with Gasteiger partial charge in [-0.1, -0.05) is 41.1 Å². The summed E-state index contributed by atoms with van der Waals surface area (Å²) in [6.45, 7) is 3.87. The first kappa shape index (κ1) is 21.2. The summed E-state index contributed by atoms with van der Waals surface area (Å²) in [7, 11) is 1.31. The van der Waals surface area contributed by atoms with Gasteiger partial charge < -0.3 is 10.1 Å². The molecule has 4 rings (SSSR count). The van der Waals surface area contributed by atoms with Gasteiger partial charge in [-0.3, -0.25) is 9.69 Å². The van der Waals surface area contributed by atoms with Crippen LogP contribution in [0.2, 0.25) is 0 Å². The molecule has 1 amide bonds. The average molecular weight is 440 g/mol. The normalized spacial score (nSPS) is 18.8. The maximum absolute atomic E-state index is 13.1. The van der Waals surface area contributed by atoms with Crippen LogP contribution in [-0.2, 0) is 22.6 Å². The highest BCUT2D eigenvalue weighted by Crippen LogP contribution is 2.29. The van der Waals surface area contributed by atoms with Gasteiger partial charge in [0, 0.05) is 18.0 Å². The highest BCUT2D eigenvalue weighted by molar-refractivity contribution is 7.09. The Kier molecular flexibility index (Phi) is 6.43. The number of hydrogen-bond acceptors (Lipinski definition) is 7. The predicted molar refractivity (Wildman–Crippen MR) is 117 cm³/mol. The van der Waals surface area contributed by atoms with Crippen LogP contribution >= 0.6 is 11.3 Å². The topological polar surface area (TPSA) is 89.4 Å². The van der Waals surface area contributed by atoms with E-state index in [9.17, 15) is 9.59 Å². The number of carbonyl (C=O) groups excluding carboxylic acids is 2. The molecule has 2 aromatic heterocycles. The number of hydrogen-bond donors (Lipinski definition) is 1. The Morgan fingerprint density at radius 2 is 2.16 bits per heavy atom. The van der Waals surface area contributed by atoms with Crippen molar-refractivity contribution in [3.63, 3.8) is 0 Å². The van der Waals surface area contributed by atoms with Crippen LogP contribution in [0.5, 0.6) is 0 Å². The smallest absolute Gasteiger partial charge is 0.360 e. The van der Waals surface area contributed by atoms with Crippen molar-refractivity contribution < 1.29 is 14.3 Å². The molecule has 2 atom stereocenters. The molecule has 1 aliphatic heterocycles.